The van der Waals surface area contributed by atoms with Gasteiger partial charge in [-0.25, -0.2) is 4.90 Å². The predicted molar refractivity (Wildman–Crippen MR) is 122 cm³/mol. The number of hydrogen-bond donors (Lipinski definition) is 2. The Kier molecular flexibility index (Phi) is 4.29. The van der Waals surface area contributed by atoms with Crippen LogP contribution >= 0.6 is 0 Å². The number of imide groups is 1. The number of hydrogen-bond acceptors (Lipinski definition) is 5. The molecule has 1 unspecified atom stereocenters. The van der Waals surface area contributed by atoms with Crippen molar-refractivity contribution in [3.8, 4) is 0 Å². The van der Waals surface area contributed by atoms with Crippen LogP contribution in [0.2, 0.25) is 0 Å². The van der Waals surface area contributed by atoms with Crippen molar-refractivity contribution in [2.45, 2.75) is 44.7 Å². The van der Waals surface area contributed by atoms with Gasteiger partial charge in [-0.1, -0.05) is 31.2 Å². The van der Waals surface area contributed by atoms with Crippen molar-refractivity contribution in [3.05, 3.63) is 63.2 Å². The van der Waals surface area contributed by atoms with Crippen LogP contribution in [0.15, 0.2) is 36.4 Å². The Hall–Kier alpha value is -3.59. The SMILES string of the molecule is CCc1cccc2c1NC(=O)[C@@]21[C@@H]2C(=O)N(c3cccc([N+](=O)[O-])c3C)C(=O)[C@@H]2[C@@H]2CCC[NH+]21. The van der Waals surface area contributed by atoms with Crippen molar-refractivity contribution < 1.29 is 24.2 Å². The lowest BCUT2D eigenvalue weighted by atomic mass is 9.75. The molecule has 9 heteroatoms. The van der Waals surface area contributed by atoms with E-state index in [1.54, 1.807) is 13.0 Å². The Morgan fingerprint density at radius 2 is 1.94 bits per heavy atom. The van der Waals surface area contributed by atoms with Gasteiger partial charge in [0.05, 0.1) is 28.4 Å². The first kappa shape index (κ1) is 21.0. The molecule has 0 saturated carbocycles. The number of nitro groups is 1. The van der Waals surface area contributed by atoms with E-state index in [1.807, 2.05) is 25.1 Å². The summed E-state index contributed by atoms with van der Waals surface area (Å²) in [5.41, 5.74) is 1.75. The third-order valence-corrected chi connectivity index (χ3v) is 8.43. The fourth-order valence-corrected chi connectivity index (χ4v) is 7.13. The molecule has 0 radical (unpaired) electrons. The van der Waals surface area contributed by atoms with Gasteiger partial charge in [-0.2, -0.15) is 0 Å². The van der Waals surface area contributed by atoms with Gasteiger partial charge >= 0.3 is 0 Å². The van der Waals surface area contributed by atoms with Gasteiger partial charge in [0, 0.05) is 24.5 Å². The second-order valence-electron chi connectivity index (χ2n) is 9.67. The third-order valence-electron chi connectivity index (χ3n) is 8.43. The van der Waals surface area contributed by atoms with Crippen LogP contribution in [0.3, 0.4) is 0 Å². The number of benzene rings is 2. The number of quaternary nitrogens is 1. The number of amides is 3. The van der Waals surface area contributed by atoms with E-state index in [4.69, 9.17) is 0 Å². The molecule has 4 aliphatic heterocycles. The van der Waals surface area contributed by atoms with Crippen molar-refractivity contribution in [1.29, 1.82) is 0 Å². The molecule has 2 aromatic rings. The Balaban J connectivity index is 1.56. The second-order valence-corrected chi connectivity index (χ2v) is 9.67. The zero-order valence-corrected chi connectivity index (χ0v) is 19.0. The molecule has 0 aromatic heterocycles. The minimum atomic E-state index is -1.16. The van der Waals surface area contributed by atoms with E-state index in [0.29, 0.717) is 0 Å². The summed E-state index contributed by atoms with van der Waals surface area (Å²) >= 11 is 0. The monoisotopic (exact) mass is 461 g/mol. The standard InChI is InChI=1S/C25H24N4O5/c1-3-14-7-4-8-15-21(14)26-24(32)25(15)20-19(18-11-6-12-27(18)25)22(30)28(23(20)31)16-9-5-10-17(13(16)2)29(33)34/h4-5,7-10,18-20H,3,6,11-12H2,1-2H3,(H,26,32)/p+1/t18-,19+,20-,25-/m0/s1. The van der Waals surface area contributed by atoms with Crippen molar-refractivity contribution in [1.82, 2.24) is 0 Å². The summed E-state index contributed by atoms with van der Waals surface area (Å²) in [5, 5.41) is 14.6. The first-order valence-electron chi connectivity index (χ1n) is 11.8. The Morgan fingerprint density at radius 3 is 2.68 bits per heavy atom. The highest BCUT2D eigenvalue weighted by Gasteiger charge is 2.78. The summed E-state index contributed by atoms with van der Waals surface area (Å²) in [7, 11) is 0. The van der Waals surface area contributed by atoms with Crippen molar-refractivity contribution in [3.63, 3.8) is 0 Å². The summed E-state index contributed by atoms with van der Waals surface area (Å²) in [6.07, 6.45) is 2.37. The highest BCUT2D eigenvalue weighted by Crippen LogP contribution is 2.53. The first-order chi connectivity index (χ1) is 16.3. The Morgan fingerprint density at radius 1 is 1.18 bits per heavy atom. The number of rotatable bonds is 3. The zero-order chi connectivity index (χ0) is 23.9. The quantitative estimate of drug-likeness (QED) is 0.408. The summed E-state index contributed by atoms with van der Waals surface area (Å²) in [6.45, 7) is 4.29. The van der Waals surface area contributed by atoms with Gasteiger partial charge in [-0.05, 0) is 25.0 Å². The molecule has 2 N–H and O–H groups in total. The van der Waals surface area contributed by atoms with Crippen LogP contribution in [0.1, 0.15) is 36.5 Å². The number of anilines is 2. The van der Waals surface area contributed by atoms with Crippen LogP contribution in [-0.2, 0) is 26.3 Å². The van der Waals surface area contributed by atoms with Crippen molar-refractivity contribution in [2.24, 2.45) is 11.8 Å². The molecular weight excluding hydrogens is 436 g/mol. The van der Waals surface area contributed by atoms with E-state index in [-0.39, 0.29) is 34.8 Å². The molecule has 3 fully saturated rings. The lowest BCUT2D eigenvalue weighted by Crippen LogP contribution is -3.19. The van der Waals surface area contributed by atoms with Crippen LogP contribution in [0.4, 0.5) is 17.1 Å². The smallest absolute Gasteiger partial charge is 0.291 e. The molecule has 6 rings (SSSR count). The van der Waals surface area contributed by atoms with E-state index in [0.717, 1.165) is 52.4 Å². The number of carbonyl (C=O) groups is 3. The van der Waals surface area contributed by atoms with E-state index in [2.05, 4.69) is 5.32 Å². The van der Waals surface area contributed by atoms with E-state index in [9.17, 15) is 24.5 Å². The largest absolute Gasteiger partial charge is 0.320 e. The molecule has 2 aromatic carbocycles. The maximum atomic E-state index is 14.1. The maximum absolute atomic E-state index is 14.1. The lowest BCUT2D eigenvalue weighted by Gasteiger charge is -2.33. The number of nitrogens with one attached hydrogen (secondary N) is 2. The van der Waals surface area contributed by atoms with Crippen LogP contribution in [0, 0.1) is 28.9 Å². The normalized spacial score (nSPS) is 31.1. The number of nitrogens with zero attached hydrogens (tertiary/aromatic N) is 2. The molecule has 1 spiro atoms. The van der Waals surface area contributed by atoms with Crippen LogP contribution < -0.4 is 15.1 Å². The molecule has 3 saturated heterocycles. The van der Waals surface area contributed by atoms with E-state index in [1.165, 1.54) is 12.1 Å². The molecule has 0 bridgehead atoms. The van der Waals surface area contributed by atoms with Crippen molar-refractivity contribution in [2.75, 3.05) is 16.8 Å². The first-order valence-corrected chi connectivity index (χ1v) is 11.8. The Bertz CT molecular complexity index is 1310. The van der Waals surface area contributed by atoms with Crippen molar-refractivity contribution >= 4 is 34.8 Å². The number of para-hydroxylation sites is 1. The third kappa shape index (κ3) is 2.30. The topological polar surface area (TPSA) is 114 Å². The number of fused-ring (bicyclic) bond motifs is 7. The predicted octanol–water partition coefficient (Wildman–Crippen LogP) is 1.48. The lowest BCUT2D eigenvalue weighted by molar-refractivity contribution is -0.948. The summed E-state index contributed by atoms with van der Waals surface area (Å²) in [5.74, 6) is -2.49. The minimum absolute atomic E-state index is 0.144. The fourth-order valence-electron chi connectivity index (χ4n) is 7.13. The van der Waals surface area contributed by atoms with Crippen LogP contribution in [-0.4, -0.2) is 35.2 Å². The van der Waals surface area contributed by atoms with E-state index < -0.39 is 28.2 Å². The minimum Gasteiger partial charge on any atom is -0.320 e. The summed E-state index contributed by atoms with van der Waals surface area (Å²) in [6, 6.07) is 10.1. The molecule has 34 heavy (non-hydrogen) atoms. The molecule has 4 aliphatic rings. The number of aryl methyl sites for hydroxylation is 1. The molecule has 0 aliphatic carbocycles. The Labute approximate surface area is 195 Å². The summed E-state index contributed by atoms with van der Waals surface area (Å²) < 4.78 is 0. The van der Waals surface area contributed by atoms with Crippen LogP contribution in [0.5, 0.6) is 0 Å². The molecule has 3 amide bonds. The average molecular weight is 461 g/mol. The van der Waals surface area contributed by atoms with Gasteiger partial charge in [0.1, 0.15) is 17.9 Å². The van der Waals surface area contributed by atoms with Gasteiger partial charge in [0.2, 0.25) is 17.4 Å². The highest BCUT2D eigenvalue weighted by molar-refractivity contribution is 6.25. The molecule has 174 valence electrons. The van der Waals surface area contributed by atoms with E-state index >= 15 is 0 Å². The molecule has 9 nitrogen and oxygen atoms in total. The van der Waals surface area contributed by atoms with Gasteiger partial charge in [0.25, 0.3) is 11.6 Å². The number of carbonyl (C=O) groups excluding carboxylic acids is 3. The van der Waals surface area contributed by atoms with Crippen LogP contribution in [0.25, 0.3) is 0 Å². The van der Waals surface area contributed by atoms with Gasteiger partial charge in [-0.3, -0.25) is 24.5 Å². The van der Waals surface area contributed by atoms with Gasteiger partial charge < -0.3 is 10.2 Å². The molecule has 4 heterocycles. The molecule has 5 atom stereocenters. The maximum Gasteiger partial charge on any atom is 0.291 e. The zero-order valence-electron chi connectivity index (χ0n) is 19.0. The van der Waals surface area contributed by atoms with Gasteiger partial charge in [-0.15, -0.1) is 0 Å². The second kappa shape index (κ2) is 6.96. The summed E-state index contributed by atoms with van der Waals surface area (Å²) in [4.78, 5) is 54.8. The highest BCUT2D eigenvalue weighted by atomic mass is 16.6. The molecular formula is C25H25N4O5+. The number of nitro benzene ring substituents is 1. The van der Waals surface area contributed by atoms with Gasteiger partial charge in [0.15, 0.2) is 0 Å². The average Bonchev–Trinajstić information content (AvgIpc) is 3.52. The fraction of sp³-hybridized carbons (Fsp3) is 0.400.